The summed E-state index contributed by atoms with van der Waals surface area (Å²) in [6, 6.07) is 21.4. The lowest BCUT2D eigenvalue weighted by Gasteiger charge is -2.43. The lowest BCUT2D eigenvalue weighted by atomic mass is 9.99. The van der Waals surface area contributed by atoms with Gasteiger partial charge in [0.1, 0.15) is 3.42 Å². The summed E-state index contributed by atoms with van der Waals surface area (Å²) >= 11 is 2.38. The van der Waals surface area contributed by atoms with Gasteiger partial charge in [0.15, 0.2) is 8.32 Å². The van der Waals surface area contributed by atoms with E-state index in [1.54, 1.807) is 0 Å². The van der Waals surface area contributed by atoms with E-state index in [4.69, 9.17) is 8.85 Å². The molecular weight excluding hydrogens is 605 g/mol. The number of halogens is 1. The van der Waals surface area contributed by atoms with Crippen LogP contribution in [-0.4, -0.2) is 45.2 Å². The maximum Gasteiger partial charge on any atom is 0.261 e. The van der Waals surface area contributed by atoms with E-state index >= 15 is 0 Å². The molecule has 1 aliphatic heterocycles. The summed E-state index contributed by atoms with van der Waals surface area (Å²) in [7, 11) is -4.40. The lowest BCUT2D eigenvalue weighted by molar-refractivity contribution is -0.121. The third-order valence-electron chi connectivity index (χ3n) is 8.22. The van der Waals surface area contributed by atoms with Crippen molar-refractivity contribution in [2.45, 2.75) is 93.4 Å². The van der Waals surface area contributed by atoms with Gasteiger partial charge in [-0.3, -0.25) is 4.79 Å². The standard InChI is InChI=1S/C30H46INO3Si2/c1-28(2,3)36(7,8)34-21-15-20-30(31)22-24(32-27(30)33)23-35-37(29(4,5)6,25-16-11-9-12-17-25)26-18-13-10-14-19-26/h9-14,16-19,24H,15,20-23H2,1-8H3,(H,32,33)/t24-,30+/m0/s1. The van der Waals surface area contributed by atoms with Gasteiger partial charge in [0.25, 0.3) is 8.32 Å². The van der Waals surface area contributed by atoms with Crippen LogP contribution in [0.15, 0.2) is 60.7 Å². The van der Waals surface area contributed by atoms with Gasteiger partial charge in [-0.15, -0.1) is 0 Å². The summed E-state index contributed by atoms with van der Waals surface area (Å²) in [6.07, 6.45) is 2.50. The largest absolute Gasteiger partial charge is 0.417 e. The van der Waals surface area contributed by atoms with E-state index in [9.17, 15) is 4.79 Å². The molecule has 2 aromatic carbocycles. The molecule has 0 unspecified atom stereocenters. The summed E-state index contributed by atoms with van der Waals surface area (Å²) in [6.45, 7) is 19.5. The minimum atomic E-state index is -2.62. The monoisotopic (exact) mass is 651 g/mol. The van der Waals surface area contributed by atoms with Gasteiger partial charge < -0.3 is 14.2 Å². The Labute approximate surface area is 240 Å². The highest BCUT2D eigenvalue weighted by atomic mass is 127. The molecule has 1 aliphatic rings. The Hall–Kier alpha value is -1.01. The minimum Gasteiger partial charge on any atom is -0.417 e. The lowest BCUT2D eigenvalue weighted by Crippen LogP contribution is -2.67. The zero-order valence-corrected chi connectivity index (χ0v) is 28.1. The third kappa shape index (κ3) is 6.77. The average molecular weight is 652 g/mol. The Morgan fingerprint density at radius 3 is 1.86 bits per heavy atom. The van der Waals surface area contributed by atoms with E-state index in [1.807, 2.05) is 0 Å². The molecular formula is C30H46INO3Si2. The number of hydrogen-bond acceptors (Lipinski definition) is 3. The molecule has 1 fully saturated rings. The molecule has 0 bridgehead atoms. The van der Waals surface area contributed by atoms with E-state index in [2.05, 4.69) is 143 Å². The SMILES string of the molecule is CC(C)(C)[Si](C)(C)OCCC[C@@]1(I)C[C@@H](CO[Si](c2ccccc2)(c2ccccc2)C(C)(C)C)NC1=O. The van der Waals surface area contributed by atoms with Crippen LogP contribution in [0.5, 0.6) is 0 Å². The fraction of sp³-hybridized carbons (Fsp3) is 0.567. The number of hydrogen-bond donors (Lipinski definition) is 1. The van der Waals surface area contributed by atoms with E-state index in [0.717, 1.165) is 25.9 Å². The maximum atomic E-state index is 13.1. The molecule has 3 rings (SSSR count). The zero-order chi connectivity index (χ0) is 27.5. The summed E-state index contributed by atoms with van der Waals surface area (Å²) in [5.41, 5.74) is 0. The molecule has 2 atom stereocenters. The summed E-state index contributed by atoms with van der Waals surface area (Å²) in [4.78, 5) is 13.1. The van der Waals surface area contributed by atoms with Gasteiger partial charge >= 0.3 is 0 Å². The van der Waals surface area contributed by atoms with Crippen LogP contribution in [-0.2, 0) is 13.6 Å². The van der Waals surface area contributed by atoms with Gasteiger partial charge in [0.05, 0.1) is 12.6 Å². The van der Waals surface area contributed by atoms with E-state index in [1.165, 1.54) is 10.4 Å². The molecule has 0 radical (unpaired) electrons. The van der Waals surface area contributed by atoms with Crippen molar-refractivity contribution in [3.63, 3.8) is 0 Å². The molecule has 4 nitrogen and oxygen atoms in total. The van der Waals surface area contributed by atoms with E-state index < -0.39 is 20.1 Å². The first kappa shape index (κ1) is 30.5. The van der Waals surface area contributed by atoms with Crippen molar-refractivity contribution in [2.75, 3.05) is 13.2 Å². The molecule has 0 saturated carbocycles. The van der Waals surface area contributed by atoms with Crippen molar-refractivity contribution in [1.82, 2.24) is 5.32 Å². The molecule has 204 valence electrons. The van der Waals surface area contributed by atoms with Gasteiger partial charge in [0.2, 0.25) is 5.91 Å². The van der Waals surface area contributed by atoms with Crippen LogP contribution in [0.4, 0.5) is 0 Å². The Morgan fingerprint density at radius 1 is 0.892 bits per heavy atom. The molecule has 1 heterocycles. The second-order valence-corrected chi connectivity index (χ2v) is 24.2. The summed E-state index contributed by atoms with van der Waals surface area (Å²) in [5, 5.41) is 5.92. The molecule has 1 amide bonds. The normalized spacial score (nSPS) is 21.2. The number of amides is 1. The van der Waals surface area contributed by atoms with Crippen LogP contribution in [0, 0.1) is 0 Å². The van der Waals surface area contributed by atoms with Crippen LogP contribution in [0.2, 0.25) is 23.2 Å². The number of benzene rings is 2. The number of alkyl halides is 1. The van der Waals surface area contributed by atoms with Gasteiger partial charge in [0, 0.05) is 6.61 Å². The highest BCUT2D eigenvalue weighted by Gasteiger charge is 2.52. The first-order valence-corrected chi connectivity index (χ1v) is 19.4. The molecule has 1 N–H and O–H groups in total. The fourth-order valence-electron chi connectivity index (χ4n) is 5.05. The molecule has 1 saturated heterocycles. The molecule has 0 spiro atoms. The number of nitrogens with one attached hydrogen (secondary N) is 1. The van der Waals surface area contributed by atoms with Crippen molar-refractivity contribution in [2.24, 2.45) is 0 Å². The molecule has 0 aromatic heterocycles. The third-order valence-corrected chi connectivity index (χ3v) is 19.2. The predicted octanol–water partition coefficient (Wildman–Crippen LogP) is 6.43. The Bertz CT molecular complexity index is 995. The van der Waals surface area contributed by atoms with Crippen LogP contribution < -0.4 is 15.7 Å². The van der Waals surface area contributed by atoms with Gasteiger partial charge in [-0.1, -0.05) is 125 Å². The number of rotatable bonds is 10. The van der Waals surface area contributed by atoms with Gasteiger partial charge in [-0.2, -0.15) is 0 Å². The van der Waals surface area contributed by atoms with Crippen LogP contribution in [0.25, 0.3) is 0 Å². The maximum absolute atomic E-state index is 13.1. The smallest absolute Gasteiger partial charge is 0.261 e. The Kier molecular flexibility index (Phi) is 9.59. The minimum absolute atomic E-state index is 0.00681. The van der Waals surface area contributed by atoms with Crippen molar-refractivity contribution >= 4 is 55.5 Å². The van der Waals surface area contributed by atoms with Crippen LogP contribution >= 0.6 is 22.6 Å². The second-order valence-electron chi connectivity index (χ2n) is 13.0. The summed E-state index contributed by atoms with van der Waals surface area (Å²) < 4.78 is 13.1. The predicted molar refractivity (Wildman–Crippen MR) is 169 cm³/mol. The van der Waals surface area contributed by atoms with Gasteiger partial charge in [-0.05, 0) is 52.8 Å². The molecule has 0 aliphatic carbocycles. The highest BCUT2D eigenvalue weighted by molar-refractivity contribution is 14.1. The second kappa shape index (κ2) is 11.6. The molecule has 7 heteroatoms. The van der Waals surface area contributed by atoms with Gasteiger partial charge in [-0.25, -0.2) is 0 Å². The summed E-state index contributed by atoms with van der Waals surface area (Å²) in [5.74, 6) is 0.136. The quantitative estimate of drug-likeness (QED) is 0.140. The molecule has 37 heavy (non-hydrogen) atoms. The van der Waals surface area contributed by atoms with Crippen molar-refractivity contribution in [3.8, 4) is 0 Å². The number of carbonyl (C=O) groups excluding carboxylic acids is 1. The van der Waals surface area contributed by atoms with Crippen molar-refractivity contribution < 1.29 is 13.6 Å². The van der Waals surface area contributed by atoms with Crippen molar-refractivity contribution in [1.29, 1.82) is 0 Å². The Balaban J connectivity index is 1.73. The number of carbonyl (C=O) groups is 1. The molecule has 2 aromatic rings. The first-order valence-electron chi connectivity index (χ1n) is 13.5. The average Bonchev–Trinajstić information content (AvgIpc) is 3.10. The first-order chi connectivity index (χ1) is 17.1. The van der Waals surface area contributed by atoms with Crippen LogP contribution in [0.1, 0.15) is 60.8 Å². The Morgan fingerprint density at radius 2 is 1.41 bits per heavy atom. The van der Waals surface area contributed by atoms with E-state index in [0.29, 0.717) is 6.61 Å². The fourth-order valence-corrected chi connectivity index (χ4v) is 11.8. The zero-order valence-electron chi connectivity index (χ0n) is 24.0. The topological polar surface area (TPSA) is 47.6 Å². The highest BCUT2D eigenvalue weighted by Crippen LogP contribution is 2.40. The van der Waals surface area contributed by atoms with Crippen LogP contribution in [0.3, 0.4) is 0 Å². The van der Waals surface area contributed by atoms with Crippen molar-refractivity contribution in [3.05, 3.63) is 60.7 Å². The van der Waals surface area contributed by atoms with E-state index in [-0.39, 0.29) is 22.0 Å².